The first-order valence-electron chi connectivity index (χ1n) is 4.02. The van der Waals surface area contributed by atoms with Crippen molar-refractivity contribution in [3.63, 3.8) is 0 Å². The zero-order chi connectivity index (χ0) is 10.8. The van der Waals surface area contributed by atoms with Crippen LogP contribution in [0.25, 0.3) is 0 Å². The summed E-state index contributed by atoms with van der Waals surface area (Å²) in [6.07, 6.45) is 0. The first-order valence-corrected chi connectivity index (χ1v) is 5.50. The number of hydrogen-bond acceptors (Lipinski definition) is 3. The molecule has 1 rings (SSSR count). The van der Waals surface area contributed by atoms with Gasteiger partial charge in [0.25, 0.3) is 0 Å². The van der Waals surface area contributed by atoms with E-state index in [1.165, 1.54) is 6.07 Å². The van der Waals surface area contributed by atoms with E-state index in [0.29, 0.717) is 0 Å². The highest BCUT2D eigenvalue weighted by Crippen LogP contribution is 2.18. The fourth-order valence-corrected chi connectivity index (χ4v) is 2.19. The fraction of sp³-hybridized carbons (Fsp3) is 0.250. The van der Waals surface area contributed by atoms with Crippen molar-refractivity contribution in [3.8, 4) is 0 Å². The molecule has 4 nitrogen and oxygen atoms in total. The quantitative estimate of drug-likeness (QED) is 0.734. The second kappa shape index (κ2) is 3.93. The first kappa shape index (κ1) is 10.9. The Morgan fingerprint density at radius 1 is 1.50 bits per heavy atom. The van der Waals surface area contributed by atoms with Crippen molar-refractivity contribution in [3.05, 3.63) is 24.0 Å². The van der Waals surface area contributed by atoms with Gasteiger partial charge in [0, 0.05) is 6.54 Å². The third-order valence-corrected chi connectivity index (χ3v) is 3.20. The lowest BCUT2D eigenvalue weighted by Gasteiger charge is -2.06. The van der Waals surface area contributed by atoms with E-state index in [9.17, 15) is 12.8 Å². The molecule has 0 radical (unpaired) electrons. The van der Waals surface area contributed by atoms with Crippen molar-refractivity contribution in [1.82, 2.24) is 4.72 Å². The largest absolute Gasteiger partial charge is 0.398 e. The average molecular weight is 218 g/mol. The second-order valence-electron chi connectivity index (χ2n) is 2.68. The van der Waals surface area contributed by atoms with E-state index in [2.05, 4.69) is 4.72 Å². The predicted molar refractivity (Wildman–Crippen MR) is 51.7 cm³/mol. The molecular weight excluding hydrogens is 207 g/mol. The van der Waals surface area contributed by atoms with Crippen LogP contribution in [0.3, 0.4) is 0 Å². The Hall–Kier alpha value is -1.14. The predicted octanol–water partition coefficient (Wildman–Crippen LogP) is 0.706. The molecule has 0 aromatic heterocycles. The molecule has 0 aliphatic rings. The minimum atomic E-state index is -3.68. The van der Waals surface area contributed by atoms with Crippen LogP contribution in [0.2, 0.25) is 0 Å². The van der Waals surface area contributed by atoms with E-state index in [1.807, 2.05) is 0 Å². The molecule has 0 amide bonds. The monoisotopic (exact) mass is 218 g/mol. The topological polar surface area (TPSA) is 72.2 Å². The Morgan fingerprint density at radius 3 is 2.71 bits per heavy atom. The zero-order valence-corrected chi connectivity index (χ0v) is 8.44. The van der Waals surface area contributed by atoms with Gasteiger partial charge in [-0.05, 0) is 18.2 Å². The molecule has 0 atom stereocenters. The third-order valence-electron chi connectivity index (χ3n) is 1.60. The van der Waals surface area contributed by atoms with Crippen LogP contribution in [0.5, 0.6) is 0 Å². The SMILES string of the molecule is CCNS(=O)(=O)c1cc(F)ccc1N. The smallest absolute Gasteiger partial charge is 0.242 e. The van der Waals surface area contributed by atoms with E-state index >= 15 is 0 Å². The second-order valence-corrected chi connectivity index (χ2v) is 4.42. The van der Waals surface area contributed by atoms with Gasteiger partial charge in [-0.3, -0.25) is 0 Å². The number of rotatable bonds is 3. The number of sulfonamides is 1. The molecule has 78 valence electrons. The number of nitrogens with two attached hydrogens (primary N) is 1. The molecule has 0 saturated heterocycles. The molecule has 6 heteroatoms. The molecule has 1 aromatic rings. The van der Waals surface area contributed by atoms with Crippen molar-refractivity contribution >= 4 is 15.7 Å². The van der Waals surface area contributed by atoms with Gasteiger partial charge in [0.1, 0.15) is 10.7 Å². The summed E-state index contributed by atoms with van der Waals surface area (Å²) in [6, 6.07) is 3.23. The summed E-state index contributed by atoms with van der Waals surface area (Å²) in [6.45, 7) is 1.87. The standard InChI is InChI=1S/C8H11FN2O2S/c1-2-11-14(12,13)8-5-6(9)3-4-7(8)10/h3-5,11H,2,10H2,1H3. The molecule has 14 heavy (non-hydrogen) atoms. The van der Waals surface area contributed by atoms with E-state index < -0.39 is 15.8 Å². The Balaban J connectivity index is 3.25. The van der Waals surface area contributed by atoms with Crippen LogP contribution in [0.1, 0.15) is 6.92 Å². The van der Waals surface area contributed by atoms with Gasteiger partial charge in [0.2, 0.25) is 10.0 Å². The number of nitrogens with one attached hydrogen (secondary N) is 1. The van der Waals surface area contributed by atoms with E-state index in [4.69, 9.17) is 5.73 Å². The van der Waals surface area contributed by atoms with Crippen LogP contribution in [0.4, 0.5) is 10.1 Å². The van der Waals surface area contributed by atoms with E-state index in [1.54, 1.807) is 6.92 Å². The molecule has 0 bridgehead atoms. The maximum absolute atomic E-state index is 12.8. The van der Waals surface area contributed by atoms with Crippen LogP contribution in [0.15, 0.2) is 23.1 Å². The first-order chi connectivity index (χ1) is 6.47. The highest BCUT2D eigenvalue weighted by atomic mass is 32.2. The van der Waals surface area contributed by atoms with Crippen LogP contribution < -0.4 is 10.5 Å². The highest BCUT2D eigenvalue weighted by Gasteiger charge is 2.16. The van der Waals surface area contributed by atoms with Crippen LogP contribution in [0, 0.1) is 5.82 Å². The van der Waals surface area contributed by atoms with Gasteiger partial charge in [-0.15, -0.1) is 0 Å². The van der Waals surface area contributed by atoms with Crippen molar-refractivity contribution < 1.29 is 12.8 Å². The van der Waals surface area contributed by atoms with E-state index in [0.717, 1.165) is 12.1 Å². The fourth-order valence-electron chi connectivity index (χ4n) is 1.01. The molecule has 0 aliphatic carbocycles. The molecule has 0 spiro atoms. The maximum atomic E-state index is 12.8. The summed E-state index contributed by atoms with van der Waals surface area (Å²) in [5.41, 5.74) is 5.45. The summed E-state index contributed by atoms with van der Waals surface area (Å²) in [7, 11) is -3.68. The minimum Gasteiger partial charge on any atom is -0.398 e. The van der Waals surface area contributed by atoms with Gasteiger partial charge >= 0.3 is 0 Å². The molecule has 1 aromatic carbocycles. The summed E-state index contributed by atoms with van der Waals surface area (Å²) >= 11 is 0. The van der Waals surface area contributed by atoms with Gasteiger partial charge < -0.3 is 5.73 Å². The number of halogens is 1. The molecular formula is C8H11FN2O2S. The van der Waals surface area contributed by atoms with E-state index in [-0.39, 0.29) is 17.1 Å². The Labute approximate surface area is 82.0 Å². The molecule has 0 heterocycles. The highest BCUT2D eigenvalue weighted by molar-refractivity contribution is 7.89. The van der Waals surface area contributed by atoms with Gasteiger partial charge in [-0.1, -0.05) is 6.92 Å². The Kier molecular flexibility index (Phi) is 3.07. The molecule has 0 fully saturated rings. The molecule has 0 saturated carbocycles. The Bertz CT molecular complexity index is 431. The van der Waals surface area contributed by atoms with Crippen LogP contribution in [-0.2, 0) is 10.0 Å². The summed E-state index contributed by atoms with van der Waals surface area (Å²) in [4.78, 5) is -0.223. The third kappa shape index (κ3) is 2.21. The summed E-state index contributed by atoms with van der Waals surface area (Å²) in [5, 5.41) is 0. The van der Waals surface area contributed by atoms with Crippen molar-refractivity contribution in [1.29, 1.82) is 0 Å². The summed E-state index contributed by atoms with van der Waals surface area (Å²) < 4.78 is 37.9. The number of anilines is 1. The molecule has 0 unspecified atom stereocenters. The van der Waals surface area contributed by atoms with Crippen molar-refractivity contribution in [2.75, 3.05) is 12.3 Å². The van der Waals surface area contributed by atoms with Crippen LogP contribution in [-0.4, -0.2) is 15.0 Å². The molecule has 3 N–H and O–H groups in total. The molecule has 0 aliphatic heterocycles. The maximum Gasteiger partial charge on any atom is 0.242 e. The number of benzene rings is 1. The lowest BCUT2D eigenvalue weighted by molar-refractivity contribution is 0.580. The zero-order valence-electron chi connectivity index (χ0n) is 7.62. The Morgan fingerprint density at radius 2 is 2.14 bits per heavy atom. The van der Waals surface area contributed by atoms with Gasteiger partial charge in [0.15, 0.2) is 0 Å². The minimum absolute atomic E-state index is 0.0346. The lowest BCUT2D eigenvalue weighted by Crippen LogP contribution is -2.24. The average Bonchev–Trinajstić information content (AvgIpc) is 2.09. The van der Waals surface area contributed by atoms with Gasteiger partial charge in [-0.2, -0.15) is 0 Å². The van der Waals surface area contributed by atoms with Crippen LogP contribution >= 0.6 is 0 Å². The summed E-state index contributed by atoms with van der Waals surface area (Å²) in [5.74, 6) is -0.629. The normalized spacial score (nSPS) is 11.6. The number of hydrogen-bond donors (Lipinski definition) is 2. The lowest BCUT2D eigenvalue weighted by atomic mass is 10.3. The van der Waals surface area contributed by atoms with Crippen molar-refractivity contribution in [2.45, 2.75) is 11.8 Å². The van der Waals surface area contributed by atoms with Gasteiger partial charge in [-0.25, -0.2) is 17.5 Å². The number of nitrogen functional groups attached to an aromatic ring is 1. The van der Waals surface area contributed by atoms with Gasteiger partial charge in [0.05, 0.1) is 5.69 Å². The van der Waals surface area contributed by atoms with Crippen molar-refractivity contribution in [2.24, 2.45) is 0 Å².